The predicted octanol–water partition coefficient (Wildman–Crippen LogP) is 3.15. The molecule has 0 spiro atoms. The van der Waals surface area contributed by atoms with Crippen molar-refractivity contribution >= 4 is 11.8 Å². The number of nitrogens with zero attached hydrogens (tertiary/aromatic N) is 2. The molecule has 1 aliphatic rings. The number of ether oxygens (including phenoxy) is 1. The molecule has 0 bridgehead atoms. The average molecular weight is 300 g/mol. The van der Waals surface area contributed by atoms with Gasteiger partial charge < -0.3 is 9.64 Å². The molecule has 7 heteroatoms. The molecule has 0 radical (unpaired) electrons. The average Bonchev–Trinajstić information content (AvgIpc) is 2.42. The number of isocyanates is 1. The highest BCUT2D eigenvalue weighted by Gasteiger charge is 2.31. The van der Waals surface area contributed by atoms with Gasteiger partial charge in [-0.05, 0) is 38.1 Å². The zero-order chi connectivity index (χ0) is 15.5. The molecule has 1 heterocycles. The van der Waals surface area contributed by atoms with Gasteiger partial charge in [-0.25, -0.2) is 4.79 Å². The van der Waals surface area contributed by atoms with Gasteiger partial charge in [0.25, 0.3) is 0 Å². The van der Waals surface area contributed by atoms with Gasteiger partial charge in [-0.1, -0.05) is 0 Å². The number of benzene rings is 1. The maximum atomic E-state index is 12.7. The van der Waals surface area contributed by atoms with Crippen molar-refractivity contribution in [1.82, 2.24) is 4.90 Å². The highest BCUT2D eigenvalue weighted by molar-refractivity contribution is 5.59. The van der Waals surface area contributed by atoms with E-state index in [2.05, 4.69) is 9.89 Å². The van der Waals surface area contributed by atoms with Crippen LogP contribution in [-0.2, 0) is 11.0 Å². The molecular formula is C14H15F3N2O2. The van der Waals surface area contributed by atoms with Crippen LogP contribution in [0.2, 0.25) is 0 Å². The zero-order valence-corrected chi connectivity index (χ0v) is 11.5. The van der Waals surface area contributed by atoms with Crippen molar-refractivity contribution < 1.29 is 22.7 Å². The van der Waals surface area contributed by atoms with Gasteiger partial charge in [-0.3, -0.25) is 0 Å². The summed E-state index contributed by atoms with van der Waals surface area (Å²) in [4.78, 5) is 15.9. The number of rotatable bonds is 3. The summed E-state index contributed by atoms with van der Waals surface area (Å²) in [5, 5.41) is 0. The summed E-state index contributed by atoms with van der Waals surface area (Å²) in [6.45, 7) is 1.72. The fraction of sp³-hybridized carbons (Fsp3) is 0.500. The van der Waals surface area contributed by atoms with E-state index in [9.17, 15) is 18.0 Å². The van der Waals surface area contributed by atoms with Crippen molar-refractivity contribution in [1.29, 1.82) is 0 Å². The first-order chi connectivity index (χ1) is 9.90. The molecule has 0 N–H and O–H groups in total. The van der Waals surface area contributed by atoms with Gasteiger partial charge in [0.2, 0.25) is 6.08 Å². The molecule has 21 heavy (non-hydrogen) atoms. The summed E-state index contributed by atoms with van der Waals surface area (Å²) in [6.07, 6.45) is -1.75. The van der Waals surface area contributed by atoms with E-state index in [1.807, 2.05) is 7.05 Å². The number of halogens is 3. The quantitative estimate of drug-likeness (QED) is 0.636. The summed E-state index contributed by atoms with van der Waals surface area (Å²) >= 11 is 0. The van der Waals surface area contributed by atoms with Crippen LogP contribution in [0, 0.1) is 0 Å². The topological polar surface area (TPSA) is 41.9 Å². The first-order valence-corrected chi connectivity index (χ1v) is 6.54. The Bertz CT molecular complexity index is 546. The van der Waals surface area contributed by atoms with Gasteiger partial charge >= 0.3 is 6.18 Å². The minimum atomic E-state index is -4.49. The standard InChI is InChI=1S/C14H15F3N2O2/c1-19-6-4-11(5-7-19)21-13-3-2-10(14(15,16)17)8-12(13)18-9-20/h2-3,8,11H,4-7H2,1H3. The number of aliphatic imine (C=N–C) groups is 1. The molecule has 0 amide bonds. The van der Waals surface area contributed by atoms with Crippen molar-refractivity contribution in [2.75, 3.05) is 20.1 Å². The van der Waals surface area contributed by atoms with Gasteiger partial charge in [0, 0.05) is 13.1 Å². The first-order valence-electron chi connectivity index (χ1n) is 6.54. The second kappa shape index (κ2) is 6.28. The number of carbonyl (C=O) groups excluding carboxylic acids is 1. The summed E-state index contributed by atoms with van der Waals surface area (Å²) in [5.74, 6) is 0.181. The third-order valence-corrected chi connectivity index (χ3v) is 3.41. The van der Waals surface area contributed by atoms with Crippen LogP contribution < -0.4 is 4.74 Å². The monoisotopic (exact) mass is 300 g/mol. The van der Waals surface area contributed by atoms with E-state index < -0.39 is 11.7 Å². The van der Waals surface area contributed by atoms with E-state index >= 15 is 0 Å². The van der Waals surface area contributed by atoms with Gasteiger partial charge in [0.15, 0.2) is 0 Å². The van der Waals surface area contributed by atoms with E-state index in [4.69, 9.17) is 4.74 Å². The number of hydrogen-bond acceptors (Lipinski definition) is 4. The second-order valence-corrected chi connectivity index (χ2v) is 5.00. The molecule has 4 nitrogen and oxygen atoms in total. The maximum Gasteiger partial charge on any atom is 0.416 e. The lowest BCUT2D eigenvalue weighted by molar-refractivity contribution is -0.137. The van der Waals surface area contributed by atoms with Crippen molar-refractivity contribution in [3.05, 3.63) is 23.8 Å². The highest BCUT2D eigenvalue weighted by Crippen LogP contribution is 2.37. The summed E-state index contributed by atoms with van der Waals surface area (Å²) in [6, 6.07) is 2.93. The molecule has 114 valence electrons. The fourth-order valence-electron chi connectivity index (χ4n) is 2.21. The summed E-state index contributed by atoms with van der Waals surface area (Å²) in [5.41, 5.74) is -1.01. The largest absolute Gasteiger partial charge is 0.488 e. The number of likely N-dealkylation sites (tertiary alicyclic amines) is 1. The summed E-state index contributed by atoms with van der Waals surface area (Å²) in [7, 11) is 2.00. The van der Waals surface area contributed by atoms with Crippen LogP contribution in [0.4, 0.5) is 18.9 Å². The molecule has 1 saturated heterocycles. The first kappa shape index (κ1) is 15.5. The normalized spacial score (nSPS) is 17.3. The third kappa shape index (κ3) is 4.06. The van der Waals surface area contributed by atoms with Crippen LogP contribution in [0.3, 0.4) is 0 Å². The van der Waals surface area contributed by atoms with Crippen LogP contribution in [0.1, 0.15) is 18.4 Å². The van der Waals surface area contributed by atoms with E-state index in [0.29, 0.717) is 0 Å². The van der Waals surface area contributed by atoms with E-state index in [1.165, 1.54) is 12.1 Å². The molecule has 2 rings (SSSR count). The van der Waals surface area contributed by atoms with E-state index in [1.54, 1.807) is 0 Å². The van der Waals surface area contributed by atoms with E-state index in [-0.39, 0.29) is 17.5 Å². The van der Waals surface area contributed by atoms with Crippen LogP contribution >= 0.6 is 0 Å². The van der Waals surface area contributed by atoms with Crippen molar-refractivity contribution in [3.63, 3.8) is 0 Å². The van der Waals surface area contributed by atoms with Crippen molar-refractivity contribution in [2.24, 2.45) is 4.99 Å². The number of alkyl halides is 3. The number of hydrogen-bond donors (Lipinski definition) is 0. The Kier molecular flexibility index (Phi) is 4.65. The Morgan fingerprint density at radius 1 is 1.33 bits per heavy atom. The zero-order valence-electron chi connectivity index (χ0n) is 11.5. The van der Waals surface area contributed by atoms with Gasteiger partial charge in [-0.2, -0.15) is 18.2 Å². The SMILES string of the molecule is CN1CCC(Oc2ccc(C(F)(F)F)cc2N=C=O)CC1. The molecule has 1 aliphatic heterocycles. The lowest BCUT2D eigenvalue weighted by Crippen LogP contribution is -2.35. The molecule has 0 unspecified atom stereocenters. The highest BCUT2D eigenvalue weighted by atomic mass is 19.4. The van der Waals surface area contributed by atoms with Gasteiger partial charge in [0.1, 0.15) is 17.5 Å². The molecule has 1 aromatic rings. The number of piperidine rings is 1. The third-order valence-electron chi connectivity index (χ3n) is 3.41. The van der Waals surface area contributed by atoms with Crippen LogP contribution in [0.25, 0.3) is 0 Å². The summed E-state index contributed by atoms with van der Waals surface area (Å²) < 4.78 is 43.7. The lowest BCUT2D eigenvalue weighted by Gasteiger charge is -2.29. The molecule has 0 saturated carbocycles. The van der Waals surface area contributed by atoms with Crippen molar-refractivity contribution in [2.45, 2.75) is 25.1 Å². The minimum Gasteiger partial charge on any atom is -0.488 e. The van der Waals surface area contributed by atoms with Gasteiger partial charge in [-0.15, -0.1) is 0 Å². The molecule has 0 aromatic heterocycles. The van der Waals surface area contributed by atoms with Crippen LogP contribution in [0.5, 0.6) is 5.75 Å². The van der Waals surface area contributed by atoms with Gasteiger partial charge in [0.05, 0.1) is 5.56 Å². The Balaban J connectivity index is 2.20. The molecular weight excluding hydrogens is 285 g/mol. The van der Waals surface area contributed by atoms with Crippen LogP contribution in [-0.4, -0.2) is 37.2 Å². The Hall–Kier alpha value is -1.85. The predicted molar refractivity (Wildman–Crippen MR) is 70.4 cm³/mol. The lowest BCUT2D eigenvalue weighted by atomic mass is 10.1. The molecule has 1 fully saturated rings. The molecule has 0 aliphatic carbocycles. The van der Waals surface area contributed by atoms with Crippen LogP contribution in [0.15, 0.2) is 23.2 Å². The second-order valence-electron chi connectivity index (χ2n) is 5.00. The van der Waals surface area contributed by atoms with Crippen molar-refractivity contribution in [3.8, 4) is 5.75 Å². The van der Waals surface area contributed by atoms with E-state index in [0.717, 1.165) is 38.1 Å². The molecule has 1 aromatic carbocycles. The Labute approximate surface area is 120 Å². The smallest absolute Gasteiger partial charge is 0.416 e. The maximum absolute atomic E-state index is 12.7. The Morgan fingerprint density at radius 2 is 2.00 bits per heavy atom. The molecule has 0 atom stereocenters. The Morgan fingerprint density at radius 3 is 2.57 bits per heavy atom. The minimum absolute atomic E-state index is 0.0847. The fourth-order valence-corrected chi connectivity index (χ4v) is 2.21.